The molecule has 0 spiro atoms. The molecule has 0 aromatic rings. The van der Waals surface area contributed by atoms with E-state index in [2.05, 4.69) is 20.8 Å². The van der Waals surface area contributed by atoms with Crippen molar-refractivity contribution < 1.29 is 9.78 Å². The van der Waals surface area contributed by atoms with E-state index in [-0.39, 0.29) is 0 Å². The van der Waals surface area contributed by atoms with Crippen molar-refractivity contribution in [2.45, 2.75) is 39.4 Å². The highest BCUT2D eigenvalue weighted by Crippen LogP contribution is 2.25. The van der Waals surface area contributed by atoms with Crippen LogP contribution in [0.1, 0.15) is 27.2 Å². The van der Waals surface area contributed by atoms with Crippen molar-refractivity contribution >= 4 is 0 Å². The van der Waals surface area contributed by atoms with E-state index in [1.807, 2.05) is 0 Å². The molecule has 1 saturated heterocycles. The Morgan fingerprint density at radius 2 is 2.00 bits per heavy atom. The molecular formula is C7H14O2. The standard InChI is InChI=1S/C7H14O2/c1-4-6-7(5(2)3)9-8-6/h5-7H,4H2,1-3H3/t6-,7-/m0/s1. The van der Waals surface area contributed by atoms with Crippen LogP contribution in [0.25, 0.3) is 0 Å². The number of rotatable bonds is 2. The van der Waals surface area contributed by atoms with E-state index >= 15 is 0 Å². The van der Waals surface area contributed by atoms with Gasteiger partial charge in [0, 0.05) is 0 Å². The zero-order valence-electron chi connectivity index (χ0n) is 6.26. The van der Waals surface area contributed by atoms with Gasteiger partial charge in [-0.1, -0.05) is 20.8 Å². The second-order valence-electron chi connectivity index (χ2n) is 2.85. The summed E-state index contributed by atoms with van der Waals surface area (Å²) in [5.74, 6) is 0.587. The third kappa shape index (κ3) is 1.25. The molecule has 0 saturated carbocycles. The lowest BCUT2D eigenvalue weighted by Gasteiger charge is -2.36. The molecule has 2 heteroatoms. The van der Waals surface area contributed by atoms with Crippen molar-refractivity contribution in [3.63, 3.8) is 0 Å². The van der Waals surface area contributed by atoms with Crippen LogP contribution in [0.2, 0.25) is 0 Å². The Hall–Kier alpha value is -0.0800. The fraction of sp³-hybridized carbons (Fsp3) is 1.00. The van der Waals surface area contributed by atoms with Crippen LogP contribution in [0.5, 0.6) is 0 Å². The zero-order valence-corrected chi connectivity index (χ0v) is 6.26. The van der Waals surface area contributed by atoms with E-state index in [0.29, 0.717) is 18.1 Å². The molecule has 9 heavy (non-hydrogen) atoms. The first-order valence-electron chi connectivity index (χ1n) is 3.57. The first kappa shape index (κ1) is 7.03. The first-order valence-corrected chi connectivity index (χ1v) is 3.57. The molecule has 2 nitrogen and oxygen atoms in total. The predicted octanol–water partition coefficient (Wildman–Crippen LogP) is 1.75. The van der Waals surface area contributed by atoms with Crippen molar-refractivity contribution in [2.75, 3.05) is 0 Å². The molecule has 0 aromatic carbocycles. The summed E-state index contributed by atoms with van der Waals surface area (Å²) >= 11 is 0. The molecule has 1 fully saturated rings. The summed E-state index contributed by atoms with van der Waals surface area (Å²) in [6, 6.07) is 0. The highest BCUT2D eigenvalue weighted by molar-refractivity contribution is 4.75. The maximum absolute atomic E-state index is 4.90. The summed E-state index contributed by atoms with van der Waals surface area (Å²) < 4.78 is 0. The highest BCUT2D eigenvalue weighted by atomic mass is 17.2. The van der Waals surface area contributed by atoms with Gasteiger partial charge in [0.15, 0.2) is 0 Å². The van der Waals surface area contributed by atoms with E-state index in [1.165, 1.54) is 0 Å². The van der Waals surface area contributed by atoms with Crippen LogP contribution in [0.3, 0.4) is 0 Å². The van der Waals surface area contributed by atoms with Crippen molar-refractivity contribution in [1.82, 2.24) is 0 Å². The minimum Gasteiger partial charge on any atom is -0.230 e. The van der Waals surface area contributed by atoms with Crippen LogP contribution in [0, 0.1) is 5.92 Å². The maximum Gasteiger partial charge on any atom is 0.124 e. The van der Waals surface area contributed by atoms with E-state index in [1.54, 1.807) is 0 Å². The summed E-state index contributed by atoms with van der Waals surface area (Å²) in [5.41, 5.74) is 0. The van der Waals surface area contributed by atoms with Gasteiger partial charge in [0.1, 0.15) is 12.2 Å². The van der Waals surface area contributed by atoms with Gasteiger partial charge in [-0.25, -0.2) is 9.78 Å². The fourth-order valence-electron chi connectivity index (χ4n) is 1.04. The topological polar surface area (TPSA) is 18.5 Å². The van der Waals surface area contributed by atoms with Gasteiger partial charge in [0.25, 0.3) is 0 Å². The van der Waals surface area contributed by atoms with Crippen LogP contribution >= 0.6 is 0 Å². The third-order valence-electron chi connectivity index (χ3n) is 1.72. The Morgan fingerprint density at radius 3 is 2.11 bits per heavy atom. The molecule has 1 aliphatic heterocycles. The smallest absolute Gasteiger partial charge is 0.124 e. The lowest BCUT2D eigenvalue weighted by atomic mass is 9.99. The quantitative estimate of drug-likeness (QED) is 0.530. The van der Waals surface area contributed by atoms with Crippen molar-refractivity contribution in [3.8, 4) is 0 Å². The lowest BCUT2D eigenvalue weighted by molar-refractivity contribution is -0.472. The van der Waals surface area contributed by atoms with Gasteiger partial charge in [-0.05, 0) is 12.3 Å². The average Bonchev–Trinajstić information content (AvgIpc) is 1.61. The molecule has 0 aromatic heterocycles. The van der Waals surface area contributed by atoms with Gasteiger partial charge < -0.3 is 0 Å². The summed E-state index contributed by atoms with van der Waals surface area (Å²) in [5, 5.41) is 0. The third-order valence-corrected chi connectivity index (χ3v) is 1.72. The van der Waals surface area contributed by atoms with Gasteiger partial charge in [-0.15, -0.1) is 0 Å². The average molecular weight is 130 g/mol. The Balaban J connectivity index is 2.27. The van der Waals surface area contributed by atoms with Crippen LogP contribution in [-0.2, 0) is 9.78 Å². The van der Waals surface area contributed by atoms with Crippen molar-refractivity contribution in [2.24, 2.45) is 5.92 Å². The minimum absolute atomic E-state index is 0.343. The molecule has 0 unspecified atom stereocenters. The Morgan fingerprint density at radius 1 is 1.33 bits per heavy atom. The van der Waals surface area contributed by atoms with Gasteiger partial charge in [0.05, 0.1) is 0 Å². The minimum atomic E-state index is 0.343. The number of hydrogen-bond donors (Lipinski definition) is 0. The van der Waals surface area contributed by atoms with Crippen LogP contribution in [0.15, 0.2) is 0 Å². The zero-order chi connectivity index (χ0) is 6.85. The SMILES string of the molecule is CC[C@@H]1OO[C@H]1C(C)C. The molecule has 54 valence electrons. The van der Waals surface area contributed by atoms with Gasteiger partial charge >= 0.3 is 0 Å². The van der Waals surface area contributed by atoms with Crippen molar-refractivity contribution in [1.29, 1.82) is 0 Å². The summed E-state index contributed by atoms with van der Waals surface area (Å²) in [6.45, 7) is 6.41. The Labute approximate surface area is 56.1 Å². The van der Waals surface area contributed by atoms with E-state index in [9.17, 15) is 0 Å². The molecule has 0 N–H and O–H groups in total. The summed E-state index contributed by atoms with van der Waals surface area (Å²) in [6.07, 6.45) is 1.75. The largest absolute Gasteiger partial charge is 0.230 e. The van der Waals surface area contributed by atoms with E-state index < -0.39 is 0 Å². The van der Waals surface area contributed by atoms with E-state index in [0.717, 1.165) is 6.42 Å². The normalized spacial score (nSPS) is 34.7. The molecule has 2 atom stereocenters. The summed E-state index contributed by atoms with van der Waals surface area (Å²) in [4.78, 5) is 9.75. The van der Waals surface area contributed by atoms with Gasteiger partial charge in [0.2, 0.25) is 0 Å². The summed E-state index contributed by atoms with van der Waals surface area (Å²) in [7, 11) is 0. The second kappa shape index (κ2) is 2.67. The second-order valence-corrected chi connectivity index (χ2v) is 2.85. The Kier molecular flexibility index (Phi) is 2.09. The number of hydrogen-bond acceptors (Lipinski definition) is 2. The monoisotopic (exact) mass is 130 g/mol. The van der Waals surface area contributed by atoms with Crippen LogP contribution in [0.4, 0.5) is 0 Å². The van der Waals surface area contributed by atoms with E-state index in [4.69, 9.17) is 9.78 Å². The fourth-order valence-corrected chi connectivity index (χ4v) is 1.04. The first-order chi connectivity index (χ1) is 4.25. The van der Waals surface area contributed by atoms with Crippen LogP contribution < -0.4 is 0 Å². The molecule has 1 aliphatic rings. The predicted molar refractivity (Wildman–Crippen MR) is 34.9 cm³/mol. The Bertz CT molecular complexity index is 88.9. The van der Waals surface area contributed by atoms with Gasteiger partial charge in [-0.2, -0.15) is 0 Å². The maximum atomic E-state index is 4.90. The molecule has 1 heterocycles. The molecule has 1 rings (SSSR count). The molecule has 0 radical (unpaired) electrons. The highest BCUT2D eigenvalue weighted by Gasteiger charge is 2.35. The van der Waals surface area contributed by atoms with Crippen molar-refractivity contribution in [3.05, 3.63) is 0 Å². The molecule has 0 aliphatic carbocycles. The van der Waals surface area contributed by atoms with Gasteiger partial charge in [-0.3, -0.25) is 0 Å². The molecule has 0 bridgehead atoms. The molecular weight excluding hydrogens is 116 g/mol. The molecule has 0 amide bonds. The lowest BCUT2D eigenvalue weighted by Crippen LogP contribution is -2.45. The van der Waals surface area contributed by atoms with Crippen LogP contribution in [-0.4, -0.2) is 12.2 Å².